The van der Waals surface area contributed by atoms with Crippen molar-refractivity contribution in [2.45, 2.75) is 6.92 Å². The summed E-state index contributed by atoms with van der Waals surface area (Å²) in [4.78, 5) is 15.2. The van der Waals surface area contributed by atoms with Crippen LogP contribution in [0, 0.1) is 11.8 Å². The van der Waals surface area contributed by atoms with E-state index >= 15 is 0 Å². The average molecular weight is 231 g/mol. The number of pyridine rings is 1. The highest BCUT2D eigenvalue weighted by atomic mass is 32.1. The van der Waals surface area contributed by atoms with E-state index in [1.165, 1.54) is 0 Å². The van der Waals surface area contributed by atoms with Gasteiger partial charge in [0.1, 0.15) is 5.69 Å². The molecule has 2 rings (SSSR count). The molecule has 0 aliphatic heterocycles. The fourth-order valence-electron chi connectivity index (χ4n) is 1.27. The second-order valence-electron chi connectivity index (χ2n) is 2.96. The Morgan fingerprint density at radius 1 is 1.56 bits per heavy atom. The summed E-state index contributed by atoms with van der Waals surface area (Å²) in [6.45, 7) is 2.08. The normalized spacial score (nSPS) is 9.56. The highest BCUT2D eigenvalue weighted by Crippen LogP contribution is 2.21. The lowest BCUT2D eigenvalue weighted by Gasteiger charge is -1.93. The molecule has 2 heterocycles. The van der Waals surface area contributed by atoms with Crippen molar-refractivity contribution in [3.8, 4) is 11.8 Å². The van der Waals surface area contributed by atoms with Gasteiger partial charge in [0.2, 0.25) is 0 Å². The third-order valence-electron chi connectivity index (χ3n) is 1.94. The molecular formula is C12H9NO2S. The molecule has 0 aromatic carbocycles. The fourth-order valence-corrected chi connectivity index (χ4v) is 2.05. The zero-order chi connectivity index (χ0) is 11.4. The summed E-state index contributed by atoms with van der Waals surface area (Å²) in [7, 11) is 0. The summed E-state index contributed by atoms with van der Waals surface area (Å²) in [6, 6.07) is 3.87. The van der Waals surface area contributed by atoms with Crippen molar-refractivity contribution in [3.05, 3.63) is 29.4 Å². The zero-order valence-electron chi connectivity index (χ0n) is 8.69. The number of carbonyl (C=O) groups is 1. The molecule has 4 heteroatoms. The Bertz CT molecular complexity index is 577. The van der Waals surface area contributed by atoms with Crippen LogP contribution in [0.1, 0.15) is 12.6 Å². The van der Waals surface area contributed by atoms with Crippen molar-refractivity contribution in [3.63, 3.8) is 0 Å². The number of nitrogens with zero attached hydrogens (tertiary/aromatic N) is 1. The van der Waals surface area contributed by atoms with Crippen LogP contribution >= 0.6 is 11.3 Å². The first-order valence-electron chi connectivity index (χ1n) is 4.82. The number of aromatic nitrogens is 1. The average Bonchev–Trinajstić information content (AvgIpc) is 2.75. The predicted octanol–water partition coefficient (Wildman–Crippen LogP) is 2.21. The smallest absolute Gasteiger partial charge is 0.384 e. The van der Waals surface area contributed by atoms with Crippen molar-refractivity contribution < 1.29 is 9.53 Å². The summed E-state index contributed by atoms with van der Waals surface area (Å²) in [5.74, 6) is 4.63. The van der Waals surface area contributed by atoms with Crippen LogP contribution in [0.5, 0.6) is 0 Å². The summed E-state index contributed by atoms with van der Waals surface area (Å²) >= 11 is 1.62. The molecule has 2 aromatic rings. The van der Waals surface area contributed by atoms with Gasteiger partial charge in [-0.05, 0) is 30.4 Å². The predicted molar refractivity (Wildman–Crippen MR) is 63.1 cm³/mol. The van der Waals surface area contributed by atoms with Gasteiger partial charge in [0.15, 0.2) is 0 Å². The molecule has 2 aromatic heterocycles. The van der Waals surface area contributed by atoms with Gasteiger partial charge in [0.25, 0.3) is 0 Å². The molecule has 16 heavy (non-hydrogen) atoms. The molecule has 0 unspecified atom stereocenters. The van der Waals surface area contributed by atoms with Crippen molar-refractivity contribution in [1.82, 2.24) is 4.98 Å². The van der Waals surface area contributed by atoms with Crippen LogP contribution in [-0.2, 0) is 9.53 Å². The molecule has 0 bridgehead atoms. The van der Waals surface area contributed by atoms with Gasteiger partial charge >= 0.3 is 5.97 Å². The molecule has 0 spiro atoms. The second kappa shape index (κ2) is 4.77. The topological polar surface area (TPSA) is 39.2 Å². The first kappa shape index (κ1) is 10.7. The Kier molecular flexibility index (Phi) is 3.18. The molecule has 0 N–H and O–H groups in total. The van der Waals surface area contributed by atoms with E-state index in [0.29, 0.717) is 12.3 Å². The monoisotopic (exact) mass is 231 g/mol. The van der Waals surface area contributed by atoms with Gasteiger partial charge in [0.05, 0.1) is 6.61 Å². The Balaban J connectivity index is 2.33. The number of fused-ring (bicyclic) bond motifs is 1. The zero-order valence-corrected chi connectivity index (χ0v) is 9.50. The number of carbonyl (C=O) groups excluding carboxylic acids is 1. The number of hydrogen-bond donors (Lipinski definition) is 0. The van der Waals surface area contributed by atoms with Gasteiger partial charge in [-0.1, -0.05) is 0 Å². The number of thiophene rings is 1. The maximum absolute atomic E-state index is 11.1. The van der Waals surface area contributed by atoms with E-state index in [1.54, 1.807) is 24.5 Å². The van der Waals surface area contributed by atoms with E-state index in [-0.39, 0.29) is 0 Å². The number of hydrogen-bond acceptors (Lipinski definition) is 4. The lowest BCUT2D eigenvalue weighted by atomic mass is 10.2. The molecule has 3 nitrogen and oxygen atoms in total. The summed E-state index contributed by atoms with van der Waals surface area (Å²) < 4.78 is 5.83. The van der Waals surface area contributed by atoms with E-state index < -0.39 is 5.97 Å². The van der Waals surface area contributed by atoms with Gasteiger partial charge in [-0.2, -0.15) is 0 Å². The van der Waals surface area contributed by atoms with Gasteiger partial charge in [0, 0.05) is 22.2 Å². The highest BCUT2D eigenvalue weighted by Gasteiger charge is 2.00. The Morgan fingerprint density at radius 2 is 2.44 bits per heavy atom. The van der Waals surface area contributed by atoms with Crippen molar-refractivity contribution in [1.29, 1.82) is 0 Å². The number of ether oxygens (including phenoxy) is 1. The van der Waals surface area contributed by atoms with Crippen LogP contribution in [0.15, 0.2) is 23.7 Å². The third kappa shape index (κ3) is 2.20. The molecule has 80 valence electrons. The first-order chi connectivity index (χ1) is 7.81. The van der Waals surface area contributed by atoms with E-state index in [4.69, 9.17) is 4.74 Å². The van der Waals surface area contributed by atoms with Gasteiger partial charge in [-0.3, -0.25) is 0 Å². The van der Waals surface area contributed by atoms with E-state index in [0.717, 1.165) is 10.1 Å². The molecule has 0 aliphatic carbocycles. The SMILES string of the molecule is CCOC(=O)C#Cc1nccc2sccc12. The molecule has 0 saturated carbocycles. The van der Waals surface area contributed by atoms with Crippen LogP contribution in [0.2, 0.25) is 0 Å². The molecule has 0 saturated heterocycles. The molecular weight excluding hydrogens is 222 g/mol. The molecule has 0 atom stereocenters. The number of rotatable bonds is 1. The molecule has 0 radical (unpaired) electrons. The lowest BCUT2D eigenvalue weighted by molar-refractivity contribution is -0.136. The van der Waals surface area contributed by atoms with Crippen LogP contribution in [0.3, 0.4) is 0 Å². The van der Waals surface area contributed by atoms with Gasteiger partial charge in [-0.15, -0.1) is 11.3 Å². The minimum atomic E-state index is -0.517. The van der Waals surface area contributed by atoms with Gasteiger partial charge < -0.3 is 4.74 Å². The first-order valence-corrected chi connectivity index (χ1v) is 5.70. The Hall–Kier alpha value is -1.86. The summed E-state index contributed by atoms with van der Waals surface area (Å²) in [6.07, 6.45) is 1.69. The summed E-state index contributed by atoms with van der Waals surface area (Å²) in [5.41, 5.74) is 0.617. The van der Waals surface area contributed by atoms with Crippen molar-refractivity contribution >= 4 is 27.4 Å². The molecule has 0 fully saturated rings. The maximum atomic E-state index is 11.1. The van der Waals surface area contributed by atoms with Crippen LogP contribution < -0.4 is 0 Å². The fraction of sp³-hybridized carbons (Fsp3) is 0.167. The Morgan fingerprint density at radius 3 is 3.25 bits per heavy atom. The second-order valence-corrected chi connectivity index (χ2v) is 3.91. The van der Waals surface area contributed by atoms with Crippen LogP contribution in [-0.4, -0.2) is 17.6 Å². The number of esters is 1. The summed E-state index contributed by atoms with van der Waals surface area (Å²) in [5, 5.41) is 2.95. The molecule has 0 aliphatic rings. The minimum absolute atomic E-state index is 0.337. The van der Waals surface area contributed by atoms with Gasteiger partial charge in [-0.25, -0.2) is 9.78 Å². The van der Waals surface area contributed by atoms with E-state index in [9.17, 15) is 4.79 Å². The van der Waals surface area contributed by atoms with Crippen LogP contribution in [0.4, 0.5) is 0 Å². The minimum Gasteiger partial charge on any atom is -0.456 e. The third-order valence-corrected chi connectivity index (χ3v) is 2.82. The molecule has 0 amide bonds. The lowest BCUT2D eigenvalue weighted by Crippen LogP contribution is -1.99. The quantitative estimate of drug-likeness (QED) is 0.558. The van der Waals surface area contributed by atoms with Crippen LogP contribution in [0.25, 0.3) is 10.1 Å². The standard InChI is InChI=1S/C12H9NO2S/c1-2-15-12(14)4-3-10-9-6-8-16-11(9)5-7-13-10/h5-8H,2H2,1H3. The largest absolute Gasteiger partial charge is 0.456 e. The highest BCUT2D eigenvalue weighted by molar-refractivity contribution is 7.17. The van der Waals surface area contributed by atoms with Crippen molar-refractivity contribution in [2.24, 2.45) is 0 Å². The Labute approximate surface area is 97.1 Å². The maximum Gasteiger partial charge on any atom is 0.384 e. The van der Waals surface area contributed by atoms with Crippen molar-refractivity contribution in [2.75, 3.05) is 6.61 Å². The van der Waals surface area contributed by atoms with E-state index in [2.05, 4.69) is 16.8 Å². The van der Waals surface area contributed by atoms with E-state index in [1.807, 2.05) is 17.5 Å².